The molecule has 1 aromatic carbocycles. The van der Waals surface area contributed by atoms with Gasteiger partial charge in [0.15, 0.2) is 0 Å². The molecule has 1 aliphatic heterocycles. The van der Waals surface area contributed by atoms with Crippen molar-refractivity contribution in [3.05, 3.63) is 64.3 Å². The molecule has 1 aliphatic rings. The molecule has 1 fully saturated rings. The number of anilines is 2. The number of aromatic nitrogens is 2. The highest BCUT2D eigenvalue weighted by Gasteiger charge is 2.12. The molecule has 0 aliphatic carbocycles. The Morgan fingerprint density at radius 2 is 1.89 bits per heavy atom. The van der Waals surface area contributed by atoms with E-state index in [1.54, 1.807) is 6.07 Å². The van der Waals surface area contributed by atoms with Crippen LogP contribution in [-0.2, 0) is 16.1 Å². The van der Waals surface area contributed by atoms with E-state index in [4.69, 9.17) is 4.74 Å². The van der Waals surface area contributed by atoms with E-state index in [1.807, 2.05) is 41.8 Å². The zero-order valence-electron chi connectivity index (χ0n) is 15.2. The lowest BCUT2D eigenvalue weighted by molar-refractivity contribution is -0.117. The number of nitrogens with one attached hydrogen (secondary N) is 1. The lowest BCUT2D eigenvalue weighted by Crippen LogP contribution is -2.36. The van der Waals surface area contributed by atoms with Gasteiger partial charge in [-0.25, -0.2) is 4.68 Å². The van der Waals surface area contributed by atoms with Crippen LogP contribution in [-0.4, -0.2) is 42.0 Å². The summed E-state index contributed by atoms with van der Waals surface area (Å²) >= 11 is 1.53. The quantitative estimate of drug-likeness (QED) is 0.717. The third kappa shape index (κ3) is 4.29. The molecule has 3 heterocycles. The van der Waals surface area contributed by atoms with E-state index in [0.717, 1.165) is 36.9 Å². The second kappa shape index (κ2) is 8.37. The van der Waals surface area contributed by atoms with Gasteiger partial charge in [-0.3, -0.25) is 9.59 Å². The van der Waals surface area contributed by atoms with E-state index >= 15 is 0 Å². The number of morpholine rings is 1. The second-order valence-corrected chi connectivity index (χ2v) is 7.33. The zero-order valence-corrected chi connectivity index (χ0v) is 16.0. The number of thiophene rings is 1. The average molecular weight is 396 g/mol. The Morgan fingerprint density at radius 3 is 2.61 bits per heavy atom. The Morgan fingerprint density at radius 1 is 1.11 bits per heavy atom. The molecule has 2 aromatic heterocycles. The topological polar surface area (TPSA) is 76.5 Å². The number of nitrogens with zero attached hydrogens (tertiary/aromatic N) is 3. The minimum absolute atomic E-state index is 0.136. The van der Waals surface area contributed by atoms with Crippen molar-refractivity contribution in [1.29, 1.82) is 0 Å². The lowest BCUT2D eigenvalue weighted by Gasteiger charge is -2.28. The SMILES string of the molecule is O=C(Cn1nc(-c2cccs2)ccc1=O)Nc1ccc(N2CCOCC2)cc1. The van der Waals surface area contributed by atoms with Gasteiger partial charge < -0.3 is 15.0 Å². The van der Waals surface area contributed by atoms with Gasteiger partial charge in [-0.15, -0.1) is 11.3 Å². The third-order valence-corrected chi connectivity index (χ3v) is 5.35. The van der Waals surface area contributed by atoms with Crippen LogP contribution in [0.1, 0.15) is 0 Å². The standard InChI is InChI=1S/C20H20N4O3S/c25-19(14-24-20(26)8-7-17(22-24)18-2-1-13-28-18)21-15-3-5-16(6-4-15)23-9-11-27-12-10-23/h1-8,13H,9-12,14H2,(H,21,25). The fourth-order valence-electron chi connectivity index (χ4n) is 3.03. The van der Waals surface area contributed by atoms with Crippen molar-refractivity contribution >= 4 is 28.6 Å². The van der Waals surface area contributed by atoms with Crippen molar-refractivity contribution < 1.29 is 9.53 Å². The smallest absolute Gasteiger partial charge is 0.267 e. The molecule has 4 rings (SSSR count). The van der Waals surface area contributed by atoms with Crippen molar-refractivity contribution in [3.63, 3.8) is 0 Å². The van der Waals surface area contributed by atoms with E-state index in [2.05, 4.69) is 15.3 Å². The molecule has 3 aromatic rings. The summed E-state index contributed by atoms with van der Waals surface area (Å²) in [6, 6.07) is 14.6. The van der Waals surface area contributed by atoms with Gasteiger partial charge in [-0.05, 0) is 41.8 Å². The summed E-state index contributed by atoms with van der Waals surface area (Å²) in [6.07, 6.45) is 0. The minimum Gasteiger partial charge on any atom is -0.378 e. The molecular formula is C20H20N4O3S. The van der Waals surface area contributed by atoms with Crippen molar-refractivity contribution in [1.82, 2.24) is 9.78 Å². The molecule has 144 valence electrons. The van der Waals surface area contributed by atoms with Crippen LogP contribution in [0.5, 0.6) is 0 Å². The normalized spacial score (nSPS) is 14.1. The number of hydrogen-bond donors (Lipinski definition) is 1. The van der Waals surface area contributed by atoms with Crippen molar-refractivity contribution in [2.45, 2.75) is 6.54 Å². The number of carbonyl (C=O) groups excluding carboxylic acids is 1. The number of rotatable bonds is 5. The summed E-state index contributed by atoms with van der Waals surface area (Å²) in [5.74, 6) is -0.294. The highest BCUT2D eigenvalue weighted by atomic mass is 32.1. The predicted octanol–water partition coefficient (Wildman–Crippen LogP) is 2.45. The Balaban J connectivity index is 1.42. The van der Waals surface area contributed by atoms with Gasteiger partial charge in [-0.2, -0.15) is 5.10 Å². The second-order valence-electron chi connectivity index (χ2n) is 6.39. The van der Waals surface area contributed by atoms with Crippen LogP contribution in [0.3, 0.4) is 0 Å². The van der Waals surface area contributed by atoms with Gasteiger partial charge in [0.2, 0.25) is 5.91 Å². The maximum absolute atomic E-state index is 12.4. The van der Waals surface area contributed by atoms with Crippen LogP contribution in [0.2, 0.25) is 0 Å². The van der Waals surface area contributed by atoms with Crippen LogP contribution >= 0.6 is 11.3 Å². The summed E-state index contributed by atoms with van der Waals surface area (Å²) in [4.78, 5) is 27.6. The minimum atomic E-state index is -0.307. The molecule has 28 heavy (non-hydrogen) atoms. The van der Waals surface area contributed by atoms with Gasteiger partial charge >= 0.3 is 0 Å². The molecule has 0 atom stereocenters. The maximum Gasteiger partial charge on any atom is 0.267 e. The van der Waals surface area contributed by atoms with E-state index < -0.39 is 0 Å². The molecule has 8 heteroatoms. The van der Waals surface area contributed by atoms with Crippen molar-refractivity contribution in [2.24, 2.45) is 0 Å². The molecule has 1 saturated heterocycles. The van der Waals surface area contributed by atoms with Gasteiger partial charge in [0, 0.05) is 30.5 Å². The molecule has 0 radical (unpaired) electrons. The monoisotopic (exact) mass is 396 g/mol. The average Bonchev–Trinajstić information content (AvgIpc) is 3.26. The highest BCUT2D eigenvalue weighted by Crippen LogP contribution is 2.21. The fraction of sp³-hybridized carbons (Fsp3) is 0.250. The van der Waals surface area contributed by atoms with E-state index in [1.165, 1.54) is 22.1 Å². The fourth-order valence-corrected chi connectivity index (χ4v) is 3.72. The molecule has 0 unspecified atom stereocenters. The van der Waals surface area contributed by atoms with Crippen LogP contribution in [0.4, 0.5) is 11.4 Å². The van der Waals surface area contributed by atoms with Crippen LogP contribution in [0.25, 0.3) is 10.6 Å². The number of benzene rings is 1. The molecule has 1 N–H and O–H groups in total. The highest BCUT2D eigenvalue weighted by molar-refractivity contribution is 7.13. The molecule has 7 nitrogen and oxygen atoms in total. The first-order chi connectivity index (χ1) is 13.7. The number of ether oxygens (including phenoxy) is 1. The van der Waals surface area contributed by atoms with Crippen LogP contribution in [0.15, 0.2) is 58.7 Å². The molecule has 0 spiro atoms. The Labute approximate surface area is 166 Å². The van der Waals surface area contributed by atoms with Crippen molar-refractivity contribution in [2.75, 3.05) is 36.5 Å². The maximum atomic E-state index is 12.4. The lowest BCUT2D eigenvalue weighted by atomic mass is 10.2. The van der Waals surface area contributed by atoms with E-state index in [0.29, 0.717) is 11.4 Å². The van der Waals surface area contributed by atoms with Gasteiger partial charge in [0.25, 0.3) is 5.56 Å². The number of amides is 1. The van der Waals surface area contributed by atoms with E-state index in [9.17, 15) is 9.59 Å². The summed E-state index contributed by atoms with van der Waals surface area (Å²) in [5, 5.41) is 9.07. The molecule has 0 saturated carbocycles. The summed E-state index contributed by atoms with van der Waals surface area (Å²) in [6.45, 7) is 3.04. The summed E-state index contributed by atoms with van der Waals surface area (Å²) < 4.78 is 6.55. The summed E-state index contributed by atoms with van der Waals surface area (Å²) in [5.41, 5.74) is 2.16. The Kier molecular flexibility index (Phi) is 5.50. The third-order valence-electron chi connectivity index (χ3n) is 4.46. The van der Waals surface area contributed by atoms with Gasteiger partial charge in [0.05, 0.1) is 18.1 Å². The first-order valence-corrected chi connectivity index (χ1v) is 9.92. The number of carbonyl (C=O) groups is 1. The largest absolute Gasteiger partial charge is 0.378 e. The van der Waals surface area contributed by atoms with Crippen molar-refractivity contribution in [3.8, 4) is 10.6 Å². The van der Waals surface area contributed by atoms with Crippen LogP contribution in [0, 0.1) is 0 Å². The molecule has 1 amide bonds. The Bertz CT molecular complexity index is 993. The zero-order chi connectivity index (χ0) is 19.3. The summed E-state index contributed by atoms with van der Waals surface area (Å²) in [7, 11) is 0. The van der Waals surface area contributed by atoms with Gasteiger partial charge in [0.1, 0.15) is 12.2 Å². The van der Waals surface area contributed by atoms with E-state index in [-0.39, 0.29) is 18.0 Å². The first-order valence-electron chi connectivity index (χ1n) is 9.04. The first kappa shape index (κ1) is 18.4. The number of hydrogen-bond acceptors (Lipinski definition) is 6. The Hall–Kier alpha value is -2.97. The predicted molar refractivity (Wildman–Crippen MR) is 110 cm³/mol. The van der Waals surface area contributed by atoms with Crippen LogP contribution < -0.4 is 15.8 Å². The van der Waals surface area contributed by atoms with Gasteiger partial charge in [-0.1, -0.05) is 6.07 Å². The molecular weight excluding hydrogens is 376 g/mol. The molecule has 0 bridgehead atoms.